The van der Waals surface area contributed by atoms with E-state index in [0.717, 1.165) is 53.0 Å². The quantitative estimate of drug-likeness (QED) is 0.844. The summed E-state index contributed by atoms with van der Waals surface area (Å²) in [5, 5.41) is 7.02. The van der Waals surface area contributed by atoms with Crippen molar-refractivity contribution in [3.63, 3.8) is 0 Å². The second-order valence-electron chi connectivity index (χ2n) is 5.82. The van der Waals surface area contributed by atoms with E-state index in [1.54, 1.807) is 0 Å². The molecule has 0 bridgehead atoms. The Kier molecular flexibility index (Phi) is 4.71. The molecule has 0 aliphatic carbocycles. The fraction of sp³-hybridized carbons (Fsp3) is 0.412. The lowest BCUT2D eigenvalue weighted by atomic mass is 10.1. The molecular formula is C17H20BrN3O2. The van der Waals surface area contributed by atoms with E-state index >= 15 is 0 Å². The number of halogens is 1. The van der Waals surface area contributed by atoms with Crippen LogP contribution in [0.3, 0.4) is 0 Å². The largest absolute Gasteiger partial charge is 0.359 e. The maximum absolute atomic E-state index is 12.6. The minimum absolute atomic E-state index is 0.0284. The summed E-state index contributed by atoms with van der Waals surface area (Å²) in [7, 11) is 0. The molecular weight excluding hydrogens is 358 g/mol. The zero-order valence-corrected chi connectivity index (χ0v) is 14.9. The maximum Gasteiger partial charge on any atom is 0.322 e. The topological polar surface area (TPSA) is 58.4 Å². The van der Waals surface area contributed by atoms with Gasteiger partial charge in [-0.1, -0.05) is 28.0 Å². The summed E-state index contributed by atoms with van der Waals surface area (Å²) in [6, 6.07) is 7.62. The molecule has 3 rings (SSSR count). The third kappa shape index (κ3) is 3.42. The Balaban J connectivity index is 1.73. The van der Waals surface area contributed by atoms with Crippen LogP contribution in [0.5, 0.6) is 0 Å². The first-order valence-corrected chi connectivity index (χ1v) is 8.67. The van der Waals surface area contributed by atoms with E-state index < -0.39 is 0 Å². The van der Waals surface area contributed by atoms with Crippen molar-refractivity contribution < 1.29 is 9.32 Å². The molecule has 1 aliphatic heterocycles. The molecule has 1 atom stereocenters. The van der Waals surface area contributed by atoms with Crippen molar-refractivity contribution >= 4 is 27.6 Å². The molecule has 1 aromatic carbocycles. The van der Waals surface area contributed by atoms with E-state index in [4.69, 9.17) is 4.52 Å². The Labute approximate surface area is 144 Å². The van der Waals surface area contributed by atoms with Gasteiger partial charge in [-0.05, 0) is 49.9 Å². The zero-order valence-electron chi connectivity index (χ0n) is 13.3. The molecule has 1 unspecified atom stereocenters. The van der Waals surface area contributed by atoms with Crippen LogP contribution in [-0.2, 0) is 6.42 Å². The normalized spacial score (nSPS) is 17.5. The number of aromatic nitrogens is 1. The predicted molar refractivity (Wildman–Crippen MR) is 92.5 cm³/mol. The van der Waals surface area contributed by atoms with Crippen molar-refractivity contribution in [2.75, 3.05) is 11.9 Å². The third-order valence-electron chi connectivity index (χ3n) is 4.19. The zero-order chi connectivity index (χ0) is 16.4. The number of aryl methyl sites for hydroxylation is 2. The van der Waals surface area contributed by atoms with Crippen LogP contribution in [0.25, 0.3) is 0 Å². The number of carbonyl (C=O) groups excluding carboxylic acids is 1. The Morgan fingerprint density at radius 2 is 2.30 bits per heavy atom. The molecule has 122 valence electrons. The molecule has 6 heteroatoms. The molecule has 2 amide bonds. The van der Waals surface area contributed by atoms with Crippen LogP contribution in [0.1, 0.15) is 42.8 Å². The molecule has 0 spiro atoms. The van der Waals surface area contributed by atoms with E-state index in [1.165, 1.54) is 0 Å². The van der Waals surface area contributed by atoms with Gasteiger partial charge in [0.15, 0.2) is 5.76 Å². The minimum atomic E-state index is -0.0938. The molecule has 23 heavy (non-hydrogen) atoms. The van der Waals surface area contributed by atoms with Crippen LogP contribution in [0, 0.1) is 6.92 Å². The number of likely N-dealkylation sites (tertiary alicyclic amines) is 1. The van der Waals surface area contributed by atoms with Crippen molar-refractivity contribution in [3.05, 3.63) is 45.8 Å². The first-order valence-electron chi connectivity index (χ1n) is 7.87. The van der Waals surface area contributed by atoms with Gasteiger partial charge in [-0.3, -0.25) is 0 Å². The molecule has 0 saturated carbocycles. The number of urea groups is 1. The second-order valence-corrected chi connectivity index (χ2v) is 6.67. The number of nitrogens with zero attached hydrogens (tertiary/aromatic N) is 2. The summed E-state index contributed by atoms with van der Waals surface area (Å²) >= 11 is 3.47. The number of rotatable bonds is 3. The second kappa shape index (κ2) is 6.74. The lowest BCUT2D eigenvalue weighted by Crippen LogP contribution is -2.34. The summed E-state index contributed by atoms with van der Waals surface area (Å²) in [5.74, 6) is 0.779. The Morgan fingerprint density at radius 1 is 1.48 bits per heavy atom. The first kappa shape index (κ1) is 16.1. The lowest BCUT2D eigenvalue weighted by molar-refractivity contribution is 0.195. The average Bonchev–Trinajstić information content (AvgIpc) is 3.18. The van der Waals surface area contributed by atoms with E-state index in [1.807, 2.05) is 43.0 Å². The van der Waals surface area contributed by atoms with Crippen LogP contribution >= 0.6 is 15.9 Å². The third-order valence-corrected chi connectivity index (χ3v) is 5.08. The van der Waals surface area contributed by atoms with Crippen LogP contribution < -0.4 is 5.32 Å². The molecule has 1 aromatic heterocycles. The summed E-state index contributed by atoms with van der Waals surface area (Å²) in [6.07, 6.45) is 2.71. The van der Waals surface area contributed by atoms with Crippen LogP contribution in [0.2, 0.25) is 0 Å². The Hall–Kier alpha value is -1.82. The number of benzene rings is 1. The van der Waals surface area contributed by atoms with Gasteiger partial charge in [0.2, 0.25) is 0 Å². The van der Waals surface area contributed by atoms with Gasteiger partial charge in [-0.2, -0.15) is 0 Å². The number of nitrogens with one attached hydrogen (secondary N) is 1. The average molecular weight is 378 g/mol. The minimum Gasteiger partial charge on any atom is -0.359 e. The monoisotopic (exact) mass is 377 g/mol. The van der Waals surface area contributed by atoms with Crippen molar-refractivity contribution in [2.45, 2.75) is 39.2 Å². The highest BCUT2D eigenvalue weighted by molar-refractivity contribution is 9.10. The Bertz CT molecular complexity index is 714. The highest BCUT2D eigenvalue weighted by Gasteiger charge is 2.32. The van der Waals surface area contributed by atoms with Gasteiger partial charge in [0.05, 0.1) is 11.7 Å². The highest BCUT2D eigenvalue weighted by atomic mass is 79.9. The number of carbonyl (C=O) groups is 1. The van der Waals surface area contributed by atoms with E-state index in [0.29, 0.717) is 0 Å². The van der Waals surface area contributed by atoms with Crippen molar-refractivity contribution in [1.82, 2.24) is 10.1 Å². The molecule has 1 saturated heterocycles. The van der Waals surface area contributed by atoms with Gasteiger partial charge in [-0.15, -0.1) is 0 Å². The van der Waals surface area contributed by atoms with Crippen LogP contribution in [0.15, 0.2) is 33.3 Å². The fourth-order valence-corrected chi connectivity index (χ4v) is 3.12. The summed E-state index contributed by atoms with van der Waals surface area (Å²) in [5.41, 5.74) is 2.81. The summed E-state index contributed by atoms with van der Waals surface area (Å²) in [6.45, 7) is 4.77. The molecule has 2 heterocycles. The number of hydrogen-bond donors (Lipinski definition) is 1. The molecule has 1 fully saturated rings. The molecule has 2 aromatic rings. The van der Waals surface area contributed by atoms with Crippen molar-refractivity contribution in [1.29, 1.82) is 0 Å². The smallest absolute Gasteiger partial charge is 0.322 e. The standard InChI is InChI=1S/C17H20BrN3O2/c1-3-12-10-16(23-20-12)15-5-4-8-21(15)17(22)19-13-6-7-14(18)11(2)9-13/h6-7,9-10,15H,3-5,8H2,1-2H3,(H,19,22). The highest BCUT2D eigenvalue weighted by Crippen LogP contribution is 2.33. The van der Waals surface area contributed by atoms with Crippen LogP contribution in [0.4, 0.5) is 10.5 Å². The number of hydrogen-bond acceptors (Lipinski definition) is 3. The van der Waals surface area contributed by atoms with Gasteiger partial charge in [0.25, 0.3) is 0 Å². The van der Waals surface area contributed by atoms with E-state index in [2.05, 4.69) is 26.4 Å². The SMILES string of the molecule is CCc1cc(C2CCCN2C(=O)Nc2ccc(Br)c(C)c2)on1. The van der Waals surface area contributed by atoms with Gasteiger partial charge in [-0.25, -0.2) is 4.79 Å². The van der Waals surface area contributed by atoms with E-state index in [9.17, 15) is 4.79 Å². The molecule has 5 nitrogen and oxygen atoms in total. The Morgan fingerprint density at radius 3 is 3.00 bits per heavy atom. The van der Waals surface area contributed by atoms with Gasteiger partial charge in [0, 0.05) is 22.8 Å². The maximum atomic E-state index is 12.6. The molecule has 1 aliphatic rings. The van der Waals surface area contributed by atoms with Crippen LogP contribution in [-0.4, -0.2) is 22.6 Å². The lowest BCUT2D eigenvalue weighted by Gasteiger charge is -2.23. The molecule has 1 N–H and O–H groups in total. The van der Waals surface area contributed by atoms with E-state index in [-0.39, 0.29) is 12.1 Å². The summed E-state index contributed by atoms with van der Waals surface area (Å²) in [4.78, 5) is 14.4. The van der Waals surface area contributed by atoms with Gasteiger partial charge in [0.1, 0.15) is 0 Å². The van der Waals surface area contributed by atoms with Crippen molar-refractivity contribution in [2.24, 2.45) is 0 Å². The van der Waals surface area contributed by atoms with Gasteiger partial charge >= 0.3 is 6.03 Å². The first-order chi connectivity index (χ1) is 11.1. The van der Waals surface area contributed by atoms with Gasteiger partial charge < -0.3 is 14.7 Å². The predicted octanol–water partition coefficient (Wildman–Crippen LogP) is 4.68. The molecule has 0 radical (unpaired) electrons. The summed E-state index contributed by atoms with van der Waals surface area (Å²) < 4.78 is 6.46. The van der Waals surface area contributed by atoms with Crippen molar-refractivity contribution in [3.8, 4) is 0 Å². The number of anilines is 1. The number of amides is 2. The fourth-order valence-electron chi connectivity index (χ4n) is 2.88.